The second-order valence-corrected chi connectivity index (χ2v) is 8.12. The summed E-state index contributed by atoms with van der Waals surface area (Å²) in [4.78, 5) is 26.7. The predicted octanol–water partition coefficient (Wildman–Crippen LogP) is 6.14. The molecule has 0 radical (unpaired) electrons. The van der Waals surface area contributed by atoms with E-state index in [0.29, 0.717) is 49.7 Å². The first-order chi connectivity index (χ1) is 16.5. The minimum absolute atomic E-state index is 0.103. The number of phenolic OH excluding ortho intramolecular Hbond substituents is 2. The smallest absolute Gasteiger partial charge is 0.200 e. The SMILES string of the molecule is O=C(c1ccccc1CCCCF)c1ccc(O)c(C(=O)c2ccccc2CCCCF)c1O. The highest BCUT2D eigenvalue weighted by Crippen LogP contribution is 2.35. The fraction of sp³-hybridized carbons (Fsp3) is 0.286. The number of hydrogen-bond donors (Lipinski definition) is 2. The van der Waals surface area contributed by atoms with Gasteiger partial charge in [0.15, 0.2) is 5.78 Å². The van der Waals surface area contributed by atoms with Crippen molar-refractivity contribution in [3.63, 3.8) is 0 Å². The number of benzene rings is 3. The molecule has 3 aromatic carbocycles. The van der Waals surface area contributed by atoms with Crippen molar-refractivity contribution in [2.75, 3.05) is 13.3 Å². The second kappa shape index (κ2) is 12.1. The zero-order valence-electron chi connectivity index (χ0n) is 18.9. The van der Waals surface area contributed by atoms with Gasteiger partial charge in [0.25, 0.3) is 0 Å². The molecule has 0 aliphatic rings. The number of unbranched alkanes of at least 4 members (excludes halogenated alkanes) is 2. The molecule has 2 N–H and O–H groups in total. The number of alkyl halides is 2. The van der Waals surface area contributed by atoms with Gasteiger partial charge in [0, 0.05) is 11.1 Å². The van der Waals surface area contributed by atoms with Crippen LogP contribution >= 0.6 is 0 Å². The van der Waals surface area contributed by atoms with Gasteiger partial charge in [0.2, 0.25) is 5.78 Å². The van der Waals surface area contributed by atoms with E-state index in [1.807, 2.05) is 0 Å². The molecule has 4 nitrogen and oxygen atoms in total. The Bertz CT molecular complexity index is 1160. The highest BCUT2D eigenvalue weighted by molar-refractivity contribution is 6.18. The molecule has 6 heteroatoms. The average molecular weight is 467 g/mol. The Morgan fingerprint density at radius 3 is 1.65 bits per heavy atom. The van der Waals surface area contributed by atoms with Crippen molar-refractivity contribution in [3.05, 3.63) is 94.0 Å². The number of ketones is 2. The third kappa shape index (κ3) is 5.68. The zero-order valence-corrected chi connectivity index (χ0v) is 18.9. The number of carbonyl (C=O) groups is 2. The lowest BCUT2D eigenvalue weighted by molar-refractivity contribution is 0.103. The molecular weight excluding hydrogens is 438 g/mol. The quantitative estimate of drug-likeness (QED) is 0.248. The number of carbonyl (C=O) groups excluding carboxylic acids is 2. The fourth-order valence-electron chi connectivity index (χ4n) is 4.01. The summed E-state index contributed by atoms with van der Waals surface area (Å²) in [7, 11) is 0. The van der Waals surface area contributed by atoms with E-state index in [2.05, 4.69) is 0 Å². The first-order valence-corrected chi connectivity index (χ1v) is 11.4. The Balaban J connectivity index is 1.98. The van der Waals surface area contributed by atoms with Crippen molar-refractivity contribution >= 4 is 11.6 Å². The van der Waals surface area contributed by atoms with Crippen LogP contribution in [0, 0.1) is 0 Å². The highest BCUT2D eigenvalue weighted by Gasteiger charge is 2.26. The van der Waals surface area contributed by atoms with Crippen molar-refractivity contribution in [1.29, 1.82) is 0 Å². The minimum Gasteiger partial charge on any atom is -0.507 e. The molecule has 0 heterocycles. The van der Waals surface area contributed by atoms with Crippen LogP contribution in [0.4, 0.5) is 8.78 Å². The standard InChI is InChI=1S/C28H28F2O4/c29-17-7-5-11-19-9-1-3-13-21(19)26(32)23-15-16-24(31)25(28(23)34)27(33)22-14-4-2-10-20(22)12-6-8-18-30/h1-4,9-10,13-16,31,34H,5-8,11-12,17-18H2. The van der Waals surface area contributed by atoms with Crippen LogP contribution in [0.2, 0.25) is 0 Å². The third-order valence-corrected chi connectivity index (χ3v) is 5.81. The molecule has 0 saturated carbocycles. The molecule has 0 bridgehead atoms. The summed E-state index contributed by atoms with van der Waals surface area (Å²) in [6.07, 6.45) is 2.85. The number of phenols is 2. The van der Waals surface area contributed by atoms with E-state index in [4.69, 9.17) is 0 Å². The lowest BCUT2D eigenvalue weighted by atomic mass is 9.90. The van der Waals surface area contributed by atoms with Crippen molar-refractivity contribution in [3.8, 4) is 11.5 Å². The van der Waals surface area contributed by atoms with Gasteiger partial charge < -0.3 is 10.2 Å². The summed E-state index contributed by atoms with van der Waals surface area (Å²) in [5, 5.41) is 21.4. The number of aryl methyl sites for hydroxylation is 2. The molecule has 0 fully saturated rings. The third-order valence-electron chi connectivity index (χ3n) is 5.81. The maximum absolute atomic E-state index is 13.4. The van der Waals surface area contributed by atoms with Gasteiger partial charge in [-0.15, -0.1) is 0 Å². The molecule has 178 valence electrons. The van der Waals surface area contributed by atoms with Gasteiger partial charge in [-0.2, -0.15) is 0 Å². The van der Waals surface area contributed by atoms with E-state index in [0.717, 1.165) is 5.56 Å². The molecule has 0 aromatic heterocycles. The Morgan fingerprint density at radius 2 is 1.12 bits per heavy atom. The maximum atomic E-state index is 13.4. The lowest BCUT2D eigenvalue weighted by Crippen LogP contribution is -2.11. The second-order valence-electron chi connectivity index (χ2n) is 8.12. The average Bonchev–Trinajstić information content (AvgIpc) is 2.84. The number of hydrogen-bond acceptors (Lipinski definition) is 4. The van der Waals surface area contributed by atoms with Gasteiger partial charge in [-0.1, -0.05) is 48.5 Å². The summed E-state index contributed by atoms with van der Waals surface area (Å²) in [5.74, 6) is -2.13. The van der Waals surface area contributed by atoms with Crippen LogP contribution in [0.5, 0.6) is 11.5 Å². The highest BCUT2D eigenvalue weighted by atomic mass is 19.1. The van der Waals surface area contributed by atoms with Crippen molar-refractivity contribution in [2.45, 2.75) is 38.5 Å². The number of rotatable bonds is 12. The van der Waals surface area contributed by atoms with E-state index in [1.165, 1.54) is 12.1 Å². The largest absolute Gasteiger partial charge is 0.507 e. The molecule has 0 saturated heterocycles. The van der Waals surface area contributed by atoms with Crippen LogP contribution in [-0.2, 0) is 12.8 Å². The van der Waals surface area contributed by atoms with Gasteiger partial charge in [0.1, 0.15) is 17.1 Å². The first kappa shape index (κ1) is 25.1. The molecule has 0 aliphatic carbocycles. The van der Waals surface area contributed by atoms with Crippen LogP contribution in [0.3, 0.4) is 0 Å². The molecular formula is C28H28F2O4. The summed E-state index contributed by atoms with van der Waals surface area (Å²) in [5.41, 5.74) is 1.58. The van der Waals surface area contributed by atoms with Gasteiger partial charge in [-0.05, 0) is 61.8 Å². The van der Waals surface area contributed by atoms with Crippen LogP contribution in [0.15, 0.2) is 60.7 Å². The Hall–Kier alpha value is -3.54. The molecule has 0 unspecified atom stereocenters. The van der Waals surface area contributed by atoms with Crippen LogP contribution in [0.25, 0.3) is 0 Å². The number of halogens is 2. The fourth-order valence-corrected chi connectivity index (χ4v) is 4.01. The molecule has 0 spiro atoms. The van der Waals surface area contributed by atoms with Crippen molar-refractivity contribution in [1.82, 2.24) is 0 Å². The van der Waals surface area contributed by atoms with Crippen LogP contribution in [0.1, 0.15) is 68.7 Å². The van der Waals surface area contributed by atoms with Crippen molar-refractivity contribution in [2.24, 2.45) is 0 Å². The van der Waals surface area contributed by atoms with Gasteiger partial charge in [-0.3, -0.25) is 18.4 Å². The van der Waals surface area contributed by atoms with Gasteiger partial charge in [-0.25, -0.2) is 0 Å². The topological polar surface area (TPSA) is 74.6 Å². The monoisotopic (exact) mass is 466 g/mol. The lowest BCUT2D eigenvalue weighted by Gasteiger charge is -2.14. The summed E-state index contributed by atoms with van der Waals surface area (Å²) < 4.78 is 25.0. The molecule has 3 rings (SSSR count). The normalized spacial score (nSPS) is 10.9. The molecule has 34 heavy (non-hydrogen) atoms. The Kier molecular flexibility index (Phi) is 8.91. The number of aromatic hydroxyl groups is 2. The Labute approximate surface area is 197 Å². The van der Waals surface area contributed by atoms with E-state index in [-0.39, 0.29) is 16.7 Å². The van der Waals surface area contributed by atoms with E-state index in [9.17, 15) is 28.6 Å². The Morgan fingerprint density at radius 1 is 0.618 bits per heavy atom. The van der Waals surface area contributed by atoms with E-state index < -0.39 is 36.4 Å². The van der Waals surface area contributed by atoms with E-state index in [1.54, 1.807) is 48.5 Å². The van der Waals surface area contributed by atoms with Crippen molar-refractivity contribution < 1.29 is 28.6 Å². The van der Waals surface area contributed by atoms with Gasteiger partial charge in [0.05, 0.1) is 18.9 Å². The predicted molar refractivity (Wildman–Crippen MR) is 127 cm³/mol. The molecule has 0 atom stereocenters. The van der Waals surface area contributed by atoms with E-state index >= 15 is 0 Å². The molecule has 0 amide bonds. The molecule has 3 aromatic rings. The first-order valence-electron chi connectivity index (χ1n) is 11.4. The zero-order chi connectivity index (χ0) is 24.5. The molecule has 0 aliphatic heterocycles. The summed E-state index contributed by atoms with van der Waals surface area (Å²) in [6.45, 7) is -0.882. The summed E-state index contributed by atoms with van der Waals surface area (Å²) >= 11 is 0. The van der Waals surface area contributed by atoms with Gasteiger partial charge >= 0.3 is 0 Å². The minimum atomic E-state index is -0.614. The summed E-state index contributed by atoms with van der Waals surface area (Å²) in [6, 6.07) is 16.2. The maximum Gasteiger partial charge on any atom is 0.200 e. The van der Waals surface area contributed by atoms with Crippen LogP contribution in [-0.4, -0.2) is 35.1 Å². The van der Waals surface area contributed by atoms with Crippen LogP contribution < -0.4 is 0 Å².